The first-order valence-electron chi connectivity index (χ1n) is 8.09. The second-order valence-electron chi connectivity index (χ2n) is 5.67. The van der Waals surface area contributed by atoms with Gasteiger partial charge in [-0.05, 0) is 18.2 Å². The number of hydrogen-bond donors (Lipinski definition) is 0. The van der Waals surface area contributed by atoms with Gasteiger partial charge in [0.25, 0.3) is 0 Å². The van der Waals surface area contributed by atoms with Crippen molar-refractivity contribution in [2.24, 2.45) is 12.2 Å². The smallest absolute Gasteiger partial charge is 0.192 e. The maximum absolute atomic E-state index is 5.32. The summed E-state index contributed by atoms with van der Waals surface area (Å²) >= 11 is 0. The van der Waals surface area contributed by atoms with Crippen LogP contribution < -0.4 is 9.47 Å². The molecule has 0 saturated heterocycles. The predicted octanol–water partition coefficient (Wildman–Crippen LogP) is 1.58. The molecule has 0 radical (unpaired) electrons. The largest absolute Gasteiger partial charge is 0.493 e. The molecule has 1 aromatic carbocycles. The van der Waals surface area contributed by atoms with Crippen LogP contribution in [0.4, 0.5) is 0 Å². The van der Waals surface area contributed by atoms with Crippen LogP contribution in [0.3, 0.4) is 0 Å². The molecule has 27 heavy (non-hydrogen) atoms. The van der Waals surface area contributed by atoms with Gasteiger partial charge in [0.15, 0.2) is 35.2 Å². The highest BCUT2D eigenvalue weighted by Gasteiger charge is 2.11. The molecular weight excluding hydrogens is 350 g/mol. The van der Waals surface area contributed by atoms with Crippen LogP contribution in [0.25, 0.3) is 16.7 Å². The molecule has 0 saturated carbocycles. The molecule has 0 bridgehead atoms. The fourth-order valence-electron chi connectivity index (χ4n) is 2.67. The number of fused-ring (bicyclic) bond motifs is 3. The molecule has 0 unspecified atom stereocenters. The Kier molecular flexibility index (Phi) is 4.29. The van der Waals surface area contributed by atoms with Crippen LogP contribution in [0.1, 0.15) is 11.4 Å². The molecule has 4 rings (SSSR count). The molecule has 0 spiro atoms. The molecule has 0 aliphatic carbocycles. The summed E-state index contributed by atoms with van der Waals surface area (Å²) in [4.78, 5) is 14.1. The molecule has 3 aromatic heterocycles. The van der Waals surface area contributed by atoms with E-state index < -0.39 is 0 Å². The number of nitrogens with zero attached hydrogens (tertiary/aromatic N) is 7. The Balaban J connectivity index is 1.47. The van der Waals surface area contributed by atoms with Crippen molar-refractivity contribution < 1.29 is 14.3 Å². The average Bonchev–Trinajstić information content (AvgIpc) is 3.28. The minimum absolute atomic E-state index is 0.132. The quantitative estimate of drug-likeness (QED) is 0.377. The normalized spacial score (nSPS) is 11.5. The highest BCUT2D eigenvalue weighted by molar-refractivity contribution is 5.88. The van der Waals surface area contributed by atoms with Crippen LogP contribution in [0.2, 0.25) is 0 Å². The van der Waals surface area contributed by atoms with Crippen molar-refractivity contribution in [2.75, 3.05) is 14.2 Å². The van der Waals surface area contributed by atoms with Crippen molar-refractivity contribution in [2.45, 2.75) is 6.61 Å². The fraction of sp³-hybridized carbons (Fsp3) is 0.235. The van der Waals surface area contributed by atoms with Crippen molar-refractivity contribution in [1.82, 2.24) is 29.4 Å². The SMILES string of the molecule is COc1ccc(/C=N\OCc2nc3c4cnn(C)c4ncn3n2)cc1OC. The second-order valence-corrected chi connectivity index (χ2v) is 5.67. The van der Waals surface area contributed by atoms with E-state index in [-0.39, 0.29) is 6.61 Å². The highest BCUT2D eigenvalue weighted by atomic mass is 16.6. The maximum atomic E-state index is 5.32. The van der Waals surface area contributed by atoms with Crippen molar-refractivity contribution in [3.8, 4) is 11.5 Å². The first-order valence-corrected chi connectivity index (χ1v) is 8.09. The molecule has 3 heterocycles. The van der Waals surface area contributed by atoms with E-state index in [0.29, 0.717) is 23.0 Å². The zero-order chi connectivity index (χ0) is 18.8. The van der Waals surface area contributed by atoms with Crippen LogP contribution >= 0.6 is 0 Å². The van der Waals surface area contributed by atoms with E-state index in [4.69, 9.17) is 14.3 Å². The average molecular weight is 367 g/mol. The van der Waals surface area contributed by atoms with Gasteiger partial charge in [0.1, 0.15) is 6.33 Å². The summed E-state index contributed by atoms with van der Waals surface area (Å²) in [5, 5.41) is 13.3. The van der Waals surface area contributed by atoms with Crippen molar-refractivity contribution >= 4 is 22.9 Å². The summed E-state index contributed by atoms with van der Waals surface area (Å²) in [5.41, 5.74) is 2.24. The monoisotopic (exact) mass is 367 g/mol. The highest BCUT2D eigenvalue weighted by Crippen LogP contribution is 2.26. The molecule has 0 amide bonds. The number of rotatable bonds is 6. The van der Waals surface area contributed by atoms with Gasteiger partial charge >= 0.3 is 0 Å². The van der Waals surface area contributed by atoms with Gasteiger partial charge in [0, 0.05) is 12.6 Å². The number of aryl methyl sites for hydroxylation is 1. The first-order chi connectivity index (χ1) is 13.2. The summed E-state index contributed by atoms with van der Waals surface area (Å²) in [6, 6.07) is 5.46. The summed E-state index contributed by atoms with van der Waals surface area (Å²) in [6.45, 7) is 0.132. The van der Waals surface area contributed by atoms with Gasteiger partial charge in [-0.3, -0.25) is 4.68 Å². The van der Waals surface area contributed by atoms with Crippen LogP contribution in [0, 0.1) is 0 Å². The van der Waals surface area contributed by atoms with Gasteiger partial charge in [-0.1, -0.05) is 5.16 Å². The lowest BCUT2D eigenvalue weighted by Gasteiger charge is -2.07. The Morgan fingerprint density at radius 2 is 2.00 bits per heavy atom. The minimum atomic E-state index is 0.132. The van der Waals surface area contributed by atoms with Crippen molar-refractivity contribution in [1.29, 1.82) is 0 Å². The molecule has 10 heteroatoms. The summed E-state index contributed by atoms with van der Waals surface area (Å²) in [6.07, 6.45) is 4.90. The topological polar surface area (TPSA) is 101 Å². The van der Waals surface area contributed by atoms with Crippen LogP contribution in [-0.2, 0) is 18.5 Å². The molecule has 138 valence electrons. The fourth-order valence-corrected chi connectivity index (χ4v) is 2.67. The molecule has 10 nitrogen and oxygen atoms in total. The van der Waals surface area contributed by atoms with Gasteiger partial charge in [-0.2, -0.15) is 5.10 Å². The first kappa shape index (κ1) is 16.8. The standard InChI is InChI=1S/C17H17N7O3/c1-23-16-12(8-19-23)17-21-15(22-24(17)10-18-16)9-27-20-7-11-4-5-13(25-2)14(6-11)26-3/h4-8,10H,9H2,1-3H3/b20-7-. The Bertz CT molecular complexity index is 1130. The Hall–Kier alpha value is -3.69. The van der Waals surface area contributed by atoms with E-state index in [1.54, 1.807) is 54.3 Å². The van der Waals surface area contributed by atoms with Crippen LogP contribution in [0.15, 0.2) is 35.9 Å². The molecule has 4 aromatic rings. The third-order valence-electron chi connectivity index (χ3n) is 3.99. The summed E-state index contributed by atoms with van der Waals surface area (Å²) in [7, 11) is 5.00. The molecule has 0 aliphatic heterocycles. The molecule has 0 atom stereocenters. The maximum Gasteiger partial charge on any atom is 0.192 e. The van der Waals surface area contributed by atoms with Crippen LogP contribution in [0.5, 0.6) is 11.5 Å². The lowest BCUT2D eigenvalue weighted by molar-refractivity contribution is 0.126. The van der Waals surface area contributed by atoms with E-state index >= 15 is 0 Å². The Morgan fingerprint density at radius 3 is 2.81 bits per heavy atom. The number of benzene rings is 1. The Morgan fingerprint density at radius 1 is 1.15 bits per heavy atom. The summed E-state index contributed by atoms with van der Waals surface area (Å²) < 4.78 is 13.8. The molecule has 0 N–H and O–H groups in total. The van der Waals surface area contributed by atoms with Crippen LogP contribution in [-0.4, -0.2) is 49.8 Å². The third-order valence-corrected chi connectivity index (χ3v) is 3.99. The summed E-state index contributed by atoms with van der Waals surface area (Å²) in [5.74, 6) is 1.77. The van der Waals surface area contributed by atoms with Gasteiger partial charge < -0.3 is 14.3 Å². The lowest BCUT2D eigenvalue weighted by atomic mass is 10.2. The van der Waals surface area contributed by atoms with Gasteiger partial charge in [-0.25, -0.2) is 14.5 Å². The number of methoxy groups -OCH3 is 2. The van der Waals surface area contributed by atoms with Gasteiger partial charge in [0.2, 0.25) is 0 Å². The molecular formula is C17H17N7O3. The zero-order valence-electron chi connectivity index (χ0n) is 15.0. The van der Waals surface area contributed by atoms with Gasteiger partial charge in [0.05, 0.1) is 32.0 Å². The van der Waals surface area contributed by atoms with E-state index in [1.807, 2.05) is 13.1 Å². The van der Waals surface area contributed by atoms with Crippen molar-refractivity contribution in [3.63, 3.8) is 0 Å². The molecule has 0 aliphatic rings. The second kappa shape index (κ2) is 6.90. The third kappa shape index (κ3) is 3.12. The number of aromatic nitrogens is 6. The number of oxime groups is 1. The minimum Gasteiger partial charge on any atom is -0.493 e. The Labute approximate surface area is 154 Å². The number of ether oxygens (including phenoxy) is 2. The zero-order valence-corrected chi connectivity index (χ0v) is 15.0. The van der Waals surface area contributed by atoms with E-state index in [0.717, 1.165) is 16.6 Å². The number of hydrogen-bond acceptors (Lipinski definition) is 8. The van der Waals surface area contributed by atoms with Gasteiger partial charge in [-0.15, -0.1) is 5.10 Å². The predicted molar refractivity (Wildman–Crippen MR) is 97.0 cm³/mol. The lowest BCUT2D eigenvalue weighted by Crippen LogP contribution is -1.95. The van der Waals surface area contributed by atoms with Crippen molar-refractivity contribution in [3.05, 3.63) is 42.1 Å². The van der Waals surface area contributed by atoms with E-state index in [9.17, 15) is 0 Å². The van der Waals surface area contributed by atoms with E-state index in [2.05, 4.69) is 25.3 Å². The molecule has 0 fully saturated rings. The van der Waals surface area contributed by atoms with E-state index in [1.165, 1.54) is 0 Å².